The monoisotopic (exact) mass is 338 g/mol. The lowest BCUT2D eigenvalue weighted by Gasteiger charge is -2.28. The number of anilines is 2. The molecule has 4 heterocycles. The molecule has 0 aromatic carbocycles. The van der Waals surface area contributed by atoms with Gasteiger partial charge >= 0.3 is 0 Å². The van der Waals surface area contributed by atoms with Gasteiger partial charge in [0.25, 0.3) is 0 Å². The van der Waals surface area contributed by atoms with Gasteiger partial charge in [0.05, 0.1) is 29.8 Å². The molecule has 4 rings (SSSR count). The molecule has 1 aliphatic rings. The van der Waals surface area contributed by atoms with Crippen molar-refractivity contribution in [2.24, 2.45) is 0 Å². The normalized spacial score (nSPS) is 15.1. The summed E-state index contributed by atoms with van der Waals surface area (Å²) in [5.74, 6) is 0.829. The number of morpholine rings is 1. The Morgan fingerprint density at radius 1 is 1.16 bits per heavy atom. The van der Waals surface area contributed by atoms with Crippen LogP contribution in [0.1, 0.15) is 13.8 Å². The van der Waals surface area contributed by atoms with E-state index in [2.05, 4.69) is 50.3 Å². The minimum atomic E-state index is 0.286. The minimum absolute atomic E-state index is 0.286. The van der Waals surface area contributed by atoms with Crippen LogP contribution in [0.4, 0.5) is 11.5 Å². The molecule has 7 nitrogen and oxygen atoms in total. The average molecular weight is 338 g/mol. The maximum Gasteiger partial charge on any atom is 0.137 e. The highest BCUT2D eigenvalue weighted by molar-refractivity contribution is 6.00. The summed E-state index contributed by atoms with van der Waals surface area (Å²) in [5.41, 5.74) is 3.76. The highest BCUT2D eigenvalue weighted by Crippen LogP contribution is 2.31. The Kier molecular flexibility index (Phi) is 4.23. The molecule has 130 valence electrons. The number of fused-ring (bicyclic) bond motifs is 1. The molecule has 0 amide bonds. The van der Waals surface area contributed by atoms with Crippen molar-refractivity contribution in [2.75, 3.05) is 36.5 Å². The van der Waals surface area contributed by atoms with Gasteiger partial charge in [-0.15, -0.1) is 0 Å². The first-order valence-corrected chi connectivity index (χ1v) is 8.61. The Bertz CT molecular complexity index is 869. The van der Waals surface area contributed by atoms with E-state index in [1.165, 1.54) is 0 Å². The van der Waals surface area contributed by atoms with Gasteiger partial charge in [-0.25, -0.2) is 4.98 Å². The topological polar surface area (TPSA) is 79.0 Å². The van der Waals surface area contributed by atoms with Crippen LogP contribution in [0.2, 0.25) is 0 Å². The van der Waals surface area contributed by atoms with Crippen molar-refractivity contribution in [3.05, 3.63) is 30.6 Å². The average Bonchev–Trinajstić information content (AvgIpc) is 3.07. The number of H-pyrrole nitrogens is 1. The summed E-state index contributed by atoms with van der Waals surface area (Å²) < 4.78 is 5.44. The van der Waals surface area contributed by atoms with E-state index in [1.807, 2.05) is 18.3 Å². The molecule has 0 bridgehead atoms. The lowest BCUT2D eigenvalue weighted by Crippen LogP contribution is -2.36. The van der Waals surface area contributed by atoms with Crippen molar-refractivity contribution >= 4 is 22.4 Å². The van der Waals surface area contributed by atoms with E-state index < -0.39 is 0 Å². The lowest BCUT2D eigenvalue weighted by atomic mass is 10.1. The smallest absolute Gasteiger partial charge is 0.137 e. The van der Waals surface area contributed by atoms with E-state index in [0.717, 1.165) is 60.1 Å². The molecule has 0 aliphatic carbocycles. The summed E-state index contributed by atoms with van der Waals surface area (Å²) >= 11 is 0. The van der Waals surface area contributed by atoms with Gasteiger partial charge < -0.3 is 15.0 Å². The number of aromatic amines is 1. The first-order chi connectivity index (χ1) is 12.2. The molecule has 0 unspecified atom stereocenters. The molecular formula is C18H22N6O. The molecule has 1 aliphatic heterocycles. The Morgan fingerprint density at radius 2 is 1.96 bits per heavy atom. The quantitative estimate of drug-likeness (QED) is 0.761. The second-order valence-electron chi connectivity index (χ2n) is 6.45. The number of ether oxygens (including phenoxy) is 1. The molecule has 1 saturated heterocycles. The summed E-state index contributed by atoms with van der Waals surface area (Å²) in [4.78, 5) is 11.4. The third-order valence-corrected chi connectivity index (χ3v) is 4.26. The van der Waals surface area contributed by atoms with E-state index in [1.54, 1.807) is 6.20 Å². The number of aromatic nitrogens is 4. The van der Waals surface area contributed by atoms with E-state index in [4.69, 9.17) is 4.74 Å². The van der Waals surface area contributed by atoms with E-state index >= 15 is 0 Å². The van der Waals surface area contributed by atoms with Crippen molar-refractivity contribution in [1.29, 1.82) is 0 Å². The van der Waals surface area contributed by atoms with Gasteiger partial charge in [-0.1, -0.05) is 0 Å². The number of rotatable bonds is 4. The van der Waals surface area contributed by atoms with Gasteiger partial charge in [0.2, 0.25) is 0 Å². The molecule has 1 fully saturated rings. The Morgan fingerprint density at radius 3 is 2.76 bits per heavy atom. The first-order valence-electron chi connectivity index (χ1n) is 8.61. The van der Waals surface area contributed by atoms with E-state index in [9.17, 15) is 0 Å². The zero-order chi connectivity index (χ0) is 17.2. The highest BCUT2D eigenvalue weighted by Gasteiger charge is 2.17. The summed E-state index contributed by atoms with van der Waals surface area (Å²) in [6, 6.07) is 6.35. The van der Waals surface area contributed by atoms with Crippen molar-refractivity contribution < 1.29 is 4.74 Å². The van der Waals surface area contributed by atoms with Crippen LogP contribution in [0.25, 0.3) is 22.3 Å². The van der Waals surface area contributed by atoms with Crippen molar-refractivity contribution in [1.82, 2.24) is 20.2 Å². The number of pyridine rings is 2. The summed E-state index contributed by atoms with van der Waals surface area (Å²) in [6.07, 6.45) is 3.62. The van der Waals surface area contributed by atoms with Gasteiger partial charge in [-0.2, -0.15) is 5.10 Å². The maximum absolute atomic E-state index is 5.44. The van der Waals surface area contributed by atoms with Crippen LogP contribution in [0, 0.1) is 0 Å². The van der Waals surface area contributed by atoms with Crippen LogP contribution >= 0.6 is 0 Å². The van der Waals surface area contributed by atoms with Gasteiger partial charge in [-0.3, -0.25) is 10.1 Å². The second kappa shape index (κ2) is 6.68. The number of nitrogens with one attached hydrogen (secondary N) is 2. The van der Waals surface area contributed by atoms with Gasteiger partial charge in [0.1, 0.15) is 11.5 Å². The summed E-state index contributed by atoms with van der Waals surface area (Å²) in [5, 5.41) is 12.0. The van der Waals surface area contributed by atoms with Crippen molar-refractivity contribution in [3.8, 4) is 11.4 Å². The number of hydrogen-bond donors (Lipinski definition) is 2. The van der Waals surface area contributed by atoms with Crippen LogP contribution in [0.5, 0.6) is 0 Å². The minimum Gasteiger partial charge on any atom is -0.378 e. The molecular weight excluding hydrogens is 316 g/mol. The fraction of sp³-hybridized carbons (Fsp3) is 0.389. The Labute approximate surface area is 146 Å². The molecule has 0 saturated carbocycles. The fourth-order valence-electron chi connectivity index (χ4n) is 3.10. The van der Waals surface area contributed by atoms with Crippen LogP contribution < -0.4 is 10.2 Å². The molecule has 25 heavy (non-hydrogen) atoms. The molecule has 3 aromatic rings. The van der Waals surface area contributed by atoms with Crippen LogP contribution in [0.3, 0.4) is 0 Å². The summed E-state index contributed by atoms with van der Waals surface area (Å²) in [7, 11) is 0. The molecule has 3 aromatic heterocycles. The Hall–Kier alpha value is -2.67. The van der Waals surface area contributed by atoms with E-state index in [0.29, 0.717) is 0 Å². The predicted octanol–water partition coefficient (Wildman–Crippen LogP) is 2.68. The zero-order valence-electron chi connectivity index (χ0n) is 14.5. The fourth-order valence-corrected chi connectivity index (χ4v) is 3.10. The molecule has 2 N–H and O–H groups in total. The van der Waals surface area contributed by atoms with Crippen LogP contribution in [-0.4, -0.2) is 52.5 Å². The zero-order valence-corrected chi connectivity index (χ0v) is 14.5. The largest absolute Gasteiger partial charge is 0.378 e. The van der Waals surface area contributed by atoms with E-state index in [-0.39, 0.29) is 6.04 Å². The molecule has 0 atom stereocenters. The Balaban J connectivity index is 1.77. The van der Waals surface area contributed by atoms with Crippen LogP contribution in [-0.2, 0) is 4.74 Å². The lowest BCUT2D eigenvalue weighted by molar-refractivity contribution is 0.122. The number of hydrogen-bond acceptors (Lipinski definition) is 6. The van der Waals surface area contributed by atoms with Gasteiger partial charge in [0.15, 0.2) is 0 Å². The molecule has 0 spiro atoms. The highest BCUT2D eigenvalue weighted by atomic mass is 16.5. The SMILES string of the molecule is CC(C)Nc1nccc2[nH]nc(-c3cc(N4CCOCC4)ccn3)c12. The standard InChI is InChI=1S/C18H22N6O/c1-12(2)21-18-16-14(4-6-20-18)22-23-17(16)15-11-13(3-5-19-15)24-7-9-25-10-8-24/h3-6,11-12H,7-10H2,1-2H3,(H,20,21)(H,22,23). The predicted molar refractivity (Wildman–Crippen MR) is 98.9 cm³/mol. The first kappa shape index (κ1) is 15.8. The second-order valence-corrected chi connectivity index (χ2v) is 6.45. The molecule has 7 heteroatoms. The van der Waals surface area contributed by atoms with Gasteiger partial charge in [-0.05, 0) is 32.0 Å². The van der Waals surface area contributed by atoms with Gasteiger partial charge in [0, 0.05) is 37.2 Å². The molecule has 0 radical (unpaired) electrons. The van der Waals surface area contributed by atoms with Crippen molar-refractivity contribution in [2.45, 2.75) is 19.9 Å². The van der Waals surface area contributed by atoms with Crippen LogP contribution in [0.15, 0.2) is 30.6 Å². The third kappa shape index (κ3) is 3.15. The van der Waals surface area contributed by atoms with Crippen molar-refractivity contribution in [3.63, 3.8) is 0 Å². The number of nitrogens with zero attached hydrogens (tertiary/aromatic N) is 4. The third-order valence-electron chi connectivity index (χ3n) is 4.26. The maximum atomic E-state index is 5.44. The summed E-state index contributed by atoms with van der Waals surface area (Å²) in [6.45, 7) is 7.50.